The van der Waals surface area contributed by atoms with Crippen LogP contribution in [-0.2, 0) is 0 Å². The van der Waals surface area contributed by atoms with E-state index in [0.29, 0.717) is 35.3 Å². The van der Waals surface area contributed by atoms with E-state index in [1.165, 1.54) is 18.3 Å². The number of fused-ring (bicyclic) bond motifs is 6. The van der Waals surface area contributed by atoms with Gasteiger partial charge in [0.1, 0.15) is 0 Å². The number of carbonyl (C=O) groups is 4. The van der Waals surface area contributed by atoms with E-state index >= 15 is 0 Å². The van der Waals surface area contributed by atoms with Crippen LogP contribution in [-0.4, -0.2) is 46.5 Å². The Morgan fingerprint density at radius 3 is 0.979 bits per heavy atom. The van der Waals surface area contributed by atoms with Crippen molar-refractivity contribution in [1.82, 2.24) is 9.80 Å². The molecule has 4 aromatic carbocycles. The number of nitrogens with zero attached hydrogens (tertiary/aromatic N) is 2. The molecule has 0 spiro atoms. The molecule has 6 nitrogen and oxygen atoms in total. The largest absolute Gasteiger partial charge is 0.274 e. The minimum atomic E-state index is -0.179. The van der Waals surface area contributed by atoms with Crippen LogP contribution in [0.15, 0.2) is 76.6 Å². The lowest BCUT2D eigenvalue weighted by molar-refractivity contribution is 0.0636. The molecule has 0 fully saturated rings. The Hall–Kier alpha value is -3.18. The summed E-state index contributed by atoms with van der Waals surface area (Å²) < 4.78 is 2.42. The van der Waals surface area contributed by atoms with Crippen LogP contribution in [0.1, 0.15) is 107 Å². The summed E-state index contributed by atoms with van der Waals surface area (Å²) in [5, 5.41) is 3.88. The molecule has 244 valence electrons. The molecule has 8 rings (SSSR count). The fourth-order valence-corrected chi connectivity index (χ4v) is 12.2. The molecule has 48 heavy (non-hydrogen) atoms. The first-order chi connectivity index (χ1) is 23.3. The van der Waals surface area contributed by atoms with Crippen LogP contribution < -0.4 is 0 Å². The first kappa shape index (κ1) is 32.0. The van der Waals surface area contributed by atoms with Gasteiger partial charge in [-0.1, -0.05) is 99.4 Å². The molecule has 0 aromatic heterocycles. The third-order valence-corrected chi connectivity index (χ3v) is 15.0. The lowest BCUT2D eigenvalue weighted by Crippen LogP contribution is -2.30. The van der Waals surface area contributed by atoms with E-state index in [1.54, 1.807) is 47.0 Å². The van der Waals surface area contributed by atoms with Crippen molar-refractivity contribution in [3.05, 3.63) is 79.3 Å². The number of thioether (sulfide) groups is 4. The molecule has 4 aliphatic heterocycles. The van der Waals surface area contributed by atoms with E-state index < -0.39 is 0 Å². The van der Waals surface area contributed by atoms with Gasteiger partial charge in [0.05, 0.1) is 30.7 Å². The molecule has 0 atom stereocenters. The van der Waals surface area contributed by atoms with Gasteiger partial charge in [0.2, 0.25) is 0 Å². The Balaban J connectivity index is 1.01. The molecule has 0 saturated heterocycles. The zero-order chi connectivity index (χ0) is 33.1. The fourth-order valence-electron chi connectivity index (χ4n) is 6.82. The Morgan fingerprint density at radius 2 is 0.708 bits per heavy atom. The van der Waals surface area contributed by atoms with Gasteiger partial charge in [-0.05, 0) is 82.9 Å². The van der Waals surface area contributed by atoms with E-state index in [4.69, 9.17) is 0 Å². The molecule has 0 unspecified atom stereocenters. The molecule has 4 aromatic rings. The van der Waals surface area contributed by atoms with Crippen LogP contribution in [0.4, 0.5) is 0 Å². The van der Waals surface area contributed by atoms with Crippen LogP contribution in [0.3, 0.4) is 0 Å². The molecule has 10 heteroatoms. The highest BCUT2D eigenvalue weighted by Gasteiger charge is 2.37. The molecule has 0 radical (unpaired) electrons. The predicted octanol–water partition coefficient (Wildman–Crippen LogP) is 10.6. The number of hydrogen-bond donors (Lipinski definition) is 0. The smallest absolute Gasteiger partial charge is 0.261 e. The van der Waals surface area contributed by atoms with Gasteiger partial charge in [0.25, 0.3) is 23.6 Å². The maximum atomic E-state index is 13.2. The second-order valence-corrected chi connectivity index (χ2v) is 17.4. The summed E-state index contributed by atoms with van der Waals surface area (Å²) in [6.07, 6.45) is 8.16. The summed E-state index contributed by atoms with van der Waals surface area (Å²) in [5.41, 5.74) is 2.04. The second-order valence-electron chi connectivity index (χ2n) is 12.7. The molecular formula is C38H34N2O4S4. The van der Waals surface area contributed by atoms with Crippen molar-refractivity contribution in [3.63, 3.8) is 0 Å². The quantitative estimate of drug-likeness (QED) is 0.119. The van der Waals surface area contributed by atoms with Crippen molar-refractivity contribution in [3.8, 4) is 0 Å². The van der Waals surface area contributed by atoms with Gasteiger partial charge < -0.3 is 0 Å². The zero-order valence-electron chi connectivity index (χ0n) is 26.9. The van der Waals surface area contributed by atoms with Crippen LogP contribution in [0.2, 0.25) is 0 Å². The highest BCUT2D eigenvalue weighted by Crippen LogP contribution is 2.62. The minimum absolute atomic E-state index is 0.179. The number of hydrogen-bond acceptors (Lipinski definition) is 8. The zero-order valence-corrected chi connectivity index (χ0v) is 30.1. The highest BCUT2D eigenvalue weighted by molar-refractivity contribution is 8.30. The lowest BCUT2D eigenvalue weighted by Gasteiger charge is -2.13. The normalized spacial score (nSPS) is 16.6. The summed E-state index contributed by atoms with van der Waals surface area (Å²) in [5.74, 6) is -0.717. The van der Waals surface area contributed by atoms with E-state index in [-0.39, 0.29) is 23.6 Å². The van der Waals surface area contributed by atoms with Crippen LogP contribution in [0, 0.1) is 0 Å². The monoisotopic (exact) mass is 710 g/mol. The number of carbonyl (C=O) groups excluding carboxylic acids is 4. The van der Waals surface area contributed by atoms with Crippen molar-refractivity contribution >= 4 is 92.2 Å². The summed E-state index contributed by atoms with van der Waals surface area (Å²) in [7, 11) is 0. The van der Waals surface area contributed by atoms with Crippen molar-refractivity contribution in [2.75, 3.05) is 13.1 Å². The first-order valence-corrected chi connectivity index (χ1v) is 20.0. The Labute approximate surface area is 296 Å². The standard InChI is InChI=1S/C38H34N2O4S4/c1-3-5-7-9-11-39-33(41)25-13-21-17-29-30(18-22(21)14-26(25)34(39)42)46-37(45-29)38-47-31-19-23-15-27-28(16-24(23)20-32(31)48-38)36(44)40(35(27)43)12-10-8-6-4-2/h13-20H,3-12H2,1-2H3. The Morgan fingerprint density at radius 1 is 0.417 bits per heavy atom. The van der Waals surface area contributed by atoms with Gasteiger partial charge in [0.15, 0.2) is 0 Å². The summed E-state index contributed by atoms with van der Waals surface area (Å²) in [6, 6.07) is 16.2. The SMILES string of the molecule is CCCCCCN1C(=O)c2cc3cc4c(cc3cc2C1=O)SC(=C1Sc2cc3cc5c(cc3cc2S1)C(=O)N(CCCCCC)C5=O)S4. The predicted molar refractivity (Wildman–Crippen MR) is 197 cm³/mol. The average molecular weight is 711 g/mol. The lowest BCUT2D eigenvalue weighted by atomic mass is 10.0. The molecule has 0 saturated carbocycles. The average Bonchev–Trinajstić information content (AvgIpc) is 3.81. The molecule has 0 N–H and O–H groups in total. The molecule has 4 heterocycles. The van der Waals surface area contributed by atoms with E-state index in [1.807, 2.05) is 24.3 Å². The number of amides is 4. The summed E-state index contributed by atoms with van der Waals surface area (Å²) >= 11 is 6.98. The van der Waals surface area contributed by atoms with Gasteiger partial charge >= 0.3 is 0 Å². The van der Waals surface area contributed by atoms with Crippen LogP contribution >= 0.6 is 47.0 Å². The van der Waals surface area contributed by atoms with Crippen molar-refractivity contribution < 1.29 is 19.2 Å². The molecule has 0 bridgehead atoms. The van der Waals surface area contributed by atoms with Crippen molar-refractivity contribution in [2.24, 2.45) is 0 Å². The summed E-state index contributed by atoms with van der Waals surface area (Å²) in [4.78, 5) is 60.2. The summed E-state index contributed by atoms with van der Waals surface area (Å²) in [6.45, 7) is 5.25. The highest BCUT2D eigenvalue weighted by atomic mass is 32.2. The third kappa shape index (κ3) is 5.49. The van der Waals surface area contributed by atoms with Gasteiger partial charge in [-0.2, -0.15) is 0 Å². The van der Waals surface area contributed by atoms with E-state index in [0.717, 1.165) is 92.5 Å². The van der Waals surface area contributed by atoms with Gasteiger partial charge in [-0.15, -0.1) is 0 Å². The molecule has 4 aliphatic rings. The maximum Gasteiger partial charge on any atom is 0.261 e. The fraction of sp³-hybridized carbons (Fsp3) is 0.316. The minimum Gasteiger partial charge on any atom is -0.274 e. The third-order valence-electron chi connectivity index (χ3n) is 9.43. The second kappa shape index (κ2) is 12.9. The number of unbranched alkanes of at least 4 members (excludes halogenated alkanes) is 6. The van der Waals surface area contributed by atoms with Crippen LogP contribution in [0.5, 0.6) is 0 Å². The van der Waals surface area contributed by atoms with Crippen LogP contribution in [0.25, 0.3) is 21.5 Å². The topological polar surface area (TPSA) is 74.8 Å². The van der Waals surface area contributed by atoms with Gasteiger partial charge in [-0.3, -0.25) is 29.0 Å². The number of imide groups is 2. The first-order valence-electron chi connectivity index (χ1n) is 16.8. The molecular weight excluding hydrogens is 677 g/mol. The van der Waals surface area contributed by atoms with Crippen molar-refractivity contribution in [1.29, 1.82) is 0 Å². The van der Waals surface area contributed by atoms with Crippen molar-refractivity contribution in [2.45, 2.75) is 84.8 Å². The molecule has 4 amide bonds. The van der Waals surface area contributed by atoms with Gasteiger partial charge in [0, 0.05) is 32.7 Å². The Kier molecular flexibility index (Phi) is 8.64. The Bertz CT molecular complexity index is 1840. The molecule has 0 aliphatic carbocycles. The van der Waals surface area contributed by atoms with Gasteiger partial charge in [-0.25, -0.2) is 0 Å². The maximum absolute atomic E-state index is 13.2. The number of rotatable bonds is 10. The number of benzene rings is 4. The van der Waals surface area contributed by atoms with E-state index in [2.05, 4.69) is 38.1 Å². The van der Waals surface area contributed by atoms with E-state index in [9.17, 15) is 19.2 Å².